The first kappa shape index (κ1) is 29.9. The number of nitrogens with zero attached hydrogens (tertiary/aromatic N) is 6. The number of amides is 1. The maximum atomic E-state index is 12.5. The summed E-state index contributed by atoms with van der Waals surface area (Å²) in [6, 6.07) is 27.8. The molecule has 0 bridgehead atoms. The lowest BCUT2D eigenvalue weighted by atomic mass is 10.1. The van der Waals surface area contributed by atoms with Crippen molar-refractivity contribution in [3.8, 4) is 23.0 Å². The Morgan fingerprint density at radius 1 is 0.778 bits per heavy atom. The fourth-order valence-corrected chi connectivity index (χ4v) is 5.19. The second-order valence-electron chi connectivity index (χ2n) is 12.0. The summed E-state index contributed by atoms with van der Waals surface area (Å²) in [4.78, 5) is 26.2. The molecule has 6 rings (SSSR count). The van der Waals surface area contributed by atoms with Gasteiger partial charge in [-0.15, -0.1) is 0 Å². The van der Waals surface area contributed by atoms with Crippen molar-refractivity contribution in [3.63, 3.8) is 0 Å². The third-order valence-electron chi connectivity index (χ3n) is 7.47. The van der Waals surface area contributed by atoms with Crippen molar-refractivity contribution < 1.29 is 19.0 Å². The Hall–Kier alpha value is -5.12. The molecule has 4 heterocycles. The van der Waals surface area contributed by atoms with Crippen molar-refractivity contribution in [2.24, 2.45) is 7.05 Å². The van der Waals surface area contributed by atoms with Crippen molar-refractivity contribution in [2.45, 2.75) is 39.6 Å². The van der Waals surface area contributed by atoms with Crippen LogP contribution in [0.5, 0.6) is 11.8 Å². The van der Waals surface area contributed by atoms with E-state index in [1.807, 2.05) is 113 Å². The zero-order valence-electron chi connectivity index (χ0n) is 26.1. The minimum Gasteiger partial charge on any atom is -0.473 e. The first-order valence-corrected chi connectivity index (χ1v) is 15.1. The topological polar surface area (TPSA) is 94.8 Å². The molecule has 5 aromatic rings. The first-order valence-electron chi connectivity index (χ1n) is 15.1. The van der Waals surface area contributed by atoms with Gasteiger partial charge in [0.05, 0.1) is 5.56 Å². The number of aryl methyl sites for hydroxylation is 1. The molecule has 3 aromatic heterocycles. The monoisotopic (exact) mass is 606 g/mol. The highest BCUT2D eigenvalue weighted by Gasteiger charge is 2.27. The largest absolute Gasteiger partial charge is 0.473 e. The number of anilines is 1. The Labute approximate surface area is 263 Å². The molecule has 10 heteroatoms. The van der Waals surface area contributed by atoms with Crippen LogP contribution in [-0.4, -0.2) is 62.5 Å². The minimum atomic E-state index is -0.518. The highest BCUT2D eigenvalue weighted by Crippen LogP contribution is 2.35. The smallest absolute Gasteiger partial charge is 0.410 e. The number of pyridine rings is 2. The maximum Gasteiger partial charge on any atom is 0.410 e. The van der Waals surface area contributed by atoms with Crippen molar-refractivity contribution in [1.82, 2.24) is 24.6 Å². The highest BCUT2D eigenvalue weighted by molar-refractivity contribution is 5.93. The number of aromatic nitrogens is 4. The predicted octanol–water partition coefficient (Wildman–Crippen LogP) is 6.25. The van der Waals surface area contributed by atoms with Gasteiger partial charge in [0, 0.05) is 44.7 Å². The first-order chi connectivity index (χ1) is 21.7. The summed E-state index contributed by atoms with van der Waals surface area (Å²) in [5, 5.41) is 5.75. The molecule has 0 radical (unpaired) electrons. The molecule has 1 saturated heterocycles. The summed E-state index contributed by atoms with van der Waals surface area (Å²) in [6.45, 7) is 8.85. The van der Waals surface area contributed by atoms with Crippen LogP contribution in [0.4, 0.5) is 10.6 Å². The van der Waals surface area contributed by atoms with Crippen molar-refractivity contribution >= 4 is 22.9 Å². The van der Waals surface area contributed by atoms with Crippen LogP contribution in [0.1, 0.15) is 31.9 Å². The number of hydrogen-bond acceptors (Lipinski definition) is 8. The van der Waals surface area contributed by atoms with Gasteiger partial charge in [-0.3, -0.25) is 0 Å². The summed E-state index contributed by atoms with van der Waals surface area (Å²) in [6.07, 6.45) is -0.280. The standard InChI is InChI=1S/C35H38N6O4/c1-35(2,3)45-34(42)41-21-19-40(20-22-41)29-17-15-27-31(38-39(4)32(27)36-29)28-16-18-30(43-23-25-11-7-5-8-12-25)37-33(28)44-24-26-13-9-6-10-14-26/h5-18H,19-24H2,1-4H3. The molecular weight excluding hydrogens is 568 g/mol. The quantitative estimate of drug-likeness (QED) is 0.205. The predicted molar refractivity (Wildman–Crippen MR) is 173 cm³/mol. The molecule has 232 valence electrons. The second-order valence-corrected chi connectivity index (χ2v) is 12.0. The lowest BCUT2D eigenvalue weighted by molar-refractivity contribution is 0.0240. The van der Waals surface area contributed by atoms with Gasteiger partial charge in [-0.1, -0.05) is 60.7 Å². The van der Waals surface area contributed by atoms with Gasteiger partial charge in [-0.2, -0.15) is 10.1 Å². The summed E-state index contributed by atoms with van der Waals surface area (Å²) in [7, 11) is 1.89. The van der Waals surface area contributed by atoms with E-state index in [-0.39, 0.29) is 6.09 Å². The summed E-state index contributed by atoms with van der Waals surface area (Å²) < 4.78 is 19.7. The molecule has 1 amide bonds. The van der Waals surface area contributed by atoms with Crippen LogP contribution in [0.2, 0.25) is 0 Å². The number of fused-ring (bicyclic) bond motifs is 1. The molecule has 0 atom stereocenters. The molecular formula is C35H38N6O4. The van der Waals surface area contributed by atoms with Gasteiger partial charge in [0.15, 0.2) is 5.65 Å². The summed E-state index contributed by atoms with van der Waals surface area (Å²) >= 11 is 0. The van der Waals surface area contributed by atoms with Gasteiger partial charge in [0.25, 0.3) is 0 Å². The third kappa shape index (κ3) is 7.17. The van der Waals surface area contributed by atoms with Gasteiger partial charge < -0.3 is 24.0 Å². The van der Waals surface area contributed by atoms with Gasteiger partial charge in [-0.25, -0.2) is 14.5 Å². The van der Waals surface area contributed by atoms with E-state index in [1.54, 1.807) is 9.58 Å². The molecule has 2 aromatic carbocycles. The van der Waals surface area contributed by atoms with E-state index in [0.717, 1.165) is 39.2 Å². The fraction of sp³-hybridized carbons (Fsp3) is 0.314. The second kappa shape index (κ2) is 12.9. The van der Waals surface area contributed by atoms with Gasteiger partial charge in [0.1, 0.15) is 30.3 Å². The van der Waals surface area contributed by atoms with Gasteiger partial charge >= 0.3 is 6.09 Å². The average molecular weight is 607 g/mol. The van der Waals surface area contributed by atoms with E-state index in [9.17, 15) is 4.79 Å². The normalized spacial score (nSPS) is 13.6. The van der Waals surface area contributed by atoms with E-state index in [2.05, 4.69) is 4.90 Å². The Morgan fingerprint density at radius 2 is 1.42 bits per heavy atom. The number of ether oxygens (including phenoxy) is 3. The molecule has 0 saturated carbocycles. The van der Waals surface area contributed by atoms with E-state index in [1.165, 1.54) is 0 Å². The fourth-order valence-electron chi connectivity index (χ4n) is 5.19. The van der Waals surface area contributed by atoms with Crippen LogP contribution < -0.4 is 14.4 Å². The lowest BCUT2D eigenvalue weighted by Gasteiger charge is -2.36. The van der Waals surface area contributed by atoms with Crippen LogP contribution in [0.25, 0.3) is 22.3 Å². The number of carbonyl (C=O) groups excluding carboxylic acids is 1. The Bertz CT molecular complexity index is 1760. The molecule has 10 nitrogen and oxygen atoms in total. The van der Waals surface area contributed by atoms with Crippen LogP contribution >= 0.6 is 0 Å². The molecule has 0 aliphatic carbocycles. The van der Waals surface area contributed by atoms with Crippen LogP contribution in [-0.2, 0) is 25.0 Å². The molecule has 0 spiro atoms. The van der Waals surface area contributed by atoms with Crippen molar-refractivity contribution in [2.75, 3.05) is 31.1 Å². The maximum absolute atomic E-state index is 12.5. The van der Waals surface area contributed by atoms with E-state index in [4.69, 9.17) is 29.3 Å². The molecule has 1 aliphatic heterocycles. The zero-order valence-corrected chi connectivity index (χ0v) is 26.1. The lowest BCUT2D eigenvalue weighted by Crippen LogP contribution is -2.50. The molecule has 0 unspecified atom stereocenters. The van der Waals surface area contributed by atoms with Crippen LogP contribution in [0.3, 0.4) is 0 Å². The number of benzene rings is 2. The Kier molecular flexibility index (Phi) is 8.55. The number of piperazine rings is 1. The van der Waals surface area contributed by atoms with Gasteiger partial charge in [0.2, 0.25) is 11.8 Å². The molecule has 1 aliphatic rings. The van der Waals surface area contributed by atoms with Crippen LogP contribution in [0.15, 0.2) is 84.9 Å². The summed E-state index contributed by atoms with van der Waals surface area (Å²) in [5.74, 6) is 1.74. The SMILES string of the molecule is Cn1nc(-c2ccc(OCc3ccccc3)nc2OCc2ccccc2)c2ccc(N3CCN(C(=O)OC(C)(C)C)CC3)nc21. The number of rotatable bonds is 8. The third-order valence-corrected chi connectivity index (χ3v) is 7.47. The number of carbonyl (C=O) groups is 1. The molecule has 0 N–H and O–H groups in total. The van der Waals surface area contributed by atoms with E-state index in [0.29, 0.717) is 51.2 Å². The van der Waals surface area contributed by atoms with Crippen molar-refractivity contribution in [3.05, 3.63) is 96.1 Å². The highest BCUT2D eigenvalue weighted by atomic mass is 16.6. The Balaban J connectivity index is 1.24. The number of hydrogen-bond donors (Lipinski definition) is 0. The summed E-state index contributed by atoms with van der Waals surface area (Å²) in [5.41, 5.74) is 3.80. The molecule has 1 fully saturated rings. The molecule has 45 heavy (non-hydrogen) atoms. The average Bonchev–Trinajstić information content (AvgIpc) is 3.38. The zero-order chi connectivity index (χ0) is 31.4. The van der Waals surface area contributed by atoms with Gasteiger partial charge in [-0.05, 0) is 50.1 Å². The Morgan fingerprint density at radius 3 is 2.07 bits per heavy atom. The van der Waals surface area contributed by atoms with E-state index >= 15 is 0 Å². The minimum absolute atomic E-state index is 0.280. The van der Waals surface area contributed by atoms with E-state index < -0.39 is 5.60 Å². The van der Waals surface area contributed by atoms with Crippen LogP contribution in [0, 0.1) is 0 Å². The van der Waals surface area contributed by atoms with Crippen molar-refractivity contribution in [1.29, 1.82) is 0 Å².